The number of carbonyl (C=O) groups is 3. The van der Waals surface area contributed by atoms with Crippen LogP contribution in [0.3, 0.4) is 0 Å². The number of allylic oxidation sites excluding steroid dienone is 1. The first kappa shape index (κ1) is 24.7. The lowest BCUT2D eigenvalue weighted by Crippen LogP contribution is -2.59. The van der Waals surface area contributed by atoms with E-state index in [1.54, 1.807) is 6.92 Å². The third kappa shape index (κ3) is 4.12. The molecular weight excluding hydrogens is 452 g/mol. The maximum atomic E-state index is 12.9. The van der Waals surface area contributed by atoms with Crippen LogP contribution >= 0.6 is 0 Å². The van der Waals surface area contributed by atoms with E-state index in [4.69, 9.17) is 18.9 Å². The molecule has 0 spiro atoms. The average Bonchev–Trinajstić information content (AvgIpc) is 3.22. The molecule has 34 heavy (non-hydrogen) atoms. The summed E-state index contributed by atoms with van der Waals surface area (Å²) >= 11 is 0. The highest BCUT2D eigenvalue weighted by Gasteiger charge is 2.54. The number of hydrogen-bond donors (Lipinski definition) is 4. The number of fused-ring (bicyclic) bond motifs is 3. The first-order chi connectivity index (χ1) is 16.0. The molecule has 0 aromatic rings. The lowest BCUT2D eigenvalue weighted by Gasteiger charge is -2.39. The Labute approximate surface area is 195 Å². The molecule has 0 aromatic carbocycles. The van der Waals surface area contributed by atoms with E-state index in [1.807, 2.05) is 0 Å². The van der Waals surface area contributed by atoms with Crippen molar-refractivity contribution in [2.24, 2.45) is 11.8 Å². The molecule has 4 aliphatic rings. The second-order valence-electron chi connectivity index (χ2n) is 9.04. The van der Waals surface area contributed by atoms with Crippen molar-refractivity contribution in [3.8, 4) is 0 Å². The predicted octanol–water partition coefficient (Wildman–Crippen LogP) is -1.32. The second-order valence-corrected chi connectivity index (χ2v) is 9.04. The van der Waals surface area contributed by atoms with Gasteiger partial charge in [-0.05, 0) is 18.6 Å². The summed E-state index contributed by atoms with van der Waals surface area (Å²) in [5.74, 6) is -2.83. The van der Waals surface area contributed by atoms with Crippen molar-refractivity contribution in [3.63, 3.8) is 0 Å². The Morgan fingerprint density at radius 1 is 1.21 bits per heavy atom. The minimum absolute atomic E-state index is 0.152. The Hall–Kier alpha value is -2.41. The number of esters is 2. The van der Waals surface area contributed by atoms with Crippen molar-refractivity contribution in [2.75, 3.05) is 13.2 Å². The summed E-state index contributed by atoms with van der Waals surface area (Å²) in [5.41, 5.74) is 1.69. The molecule has 0 saturated carbocycles. The standard InChI is InChI=1S/C23H28O11/c1-8-4-13(32-10(3)25)16-9(2)22(30)34-21(16)17-11(5-12(26)15(8)17)7-31-23-20(29)19(28)18(27)14(6-24)33-23/h5,13-14,16-21,23-24,27-29H,2,4,6-7H2,1,3H3/t13-,14+,16+,17-,18+,19-,20+,21-,23+/m0/s1. The van der Waals surface area contributed by atoms with E-state index in [9.17, 15) is 34.8 Å². The van der Waals surface area contributed by atoms with Crippen LogP contribution in [0.25, 0.3) is 0 Å². The maximum Gasteiger partial charge on any atom is 0.334 e. The van der Waals surface area contributed by atoms with Gasteiger partial charge in [-0.1, -0.05) is 12.2 Å². The van der Waals surface area contributed by atoms with Crippen LogP contribution < -0.4 is 0 Å². The lowest BCUT2D eigenvalue weighted by atomic mass is 9.82. The van der Waals surface area contributed by atoms with E-state index < -0.39 is 73.3 Å². The summed E-state index contributed by atoms with van der Waals surface area (Å²) in [4.78, 5) is 37.0. The Kier molecular flexibility index (Phi) is 6.78. The molecule has 11 nitrogen and oxygen atoms in total. The molecule has 0 bridgehead atoms. The number of aliphatic hydroxyl groups excluding tert-OH is 4. The summed E-state index contributed by atoms with van der Waals surface area (Å²) < 4.78 is 22.1. The van der Waals surface area contributed by atoms with Gasteiger partial charge in [-0.25, -0.2) is 4.79 Å². The molecule has 11 heteroatoms. The largest absolute Gasteiger partial charge is 0.461 e. The number of carbonyl (C=O) groups excluding carboxylic acids is 3. The van der Waals surface area contributed by atoms with Crippen LogP contribution in [-0.2, 0) is 33.3 Å². The van der Waals surface area contributed by atoms with Crippen molar-refractivity contribution < 1.29 is 53.8 Å². The maximum absolute atomic E-state index is 12.9. The number of hydrogen-bond acceptors (Lipinski definition) is 11. The van der Waals surface area contributed by atoms with Gasteiger partial charge in [-0.15, -0.1) is 0 Å². The van der Waals surface area contributed by atoms with Crippen LogP contribution in [0.15, 0.2) is 34.9 Å². The van der Waals surface area contributed by atoms with E-state index >= 15 is 0 Å². The van der Waals surface area contributed by atoms with Gasteiger partial charge in [0.05, 0.1) is 19.1 Å². The summed E-state index contributed by atoms with van der Waals surface area (Å²) in [5, 5.41) is 39.5. The molecule has 0 unspecified atom stereocenters. The SMILES string of the molecule is C=C1C(=O)O[C@@H]2[C@H]3C(CO[C@@H]4O[C@H](CO)[C@@H](O)[C@H](O)[C@H]4O)=CC(=O)C3=C(C)C[C@H](OC(C)=O)[C@@H]12. The van der Waals surface area contributed by atoms with Gasteiger partial charge in [0.25, 0.3) is 0 Å². The Morgan fingerprint density at radius 3 is 2.56 bits per heavy atom. The van der Waals surface area contributed by atoms with E-state index in [0.29, 0.717) is 16.7 Å². The van der Waals surface area contributed by atoms with Gasteiger partial charge >= 0.3 is 11.9 Å². The van der Waals surface area contributed by atoms with Gasteiger partial charge < -0.3 is 39.4 Å². The third-order valence-electron chi connectivity index (χ3n) is 6.83. The van der Waals surface area contributed by atoms with Crippen LogP contribution in [0.2, 0.25) is 0 Å². The van der Waals surface area contributed by atoms with Gasteiger partial charge in [0.1, 0.15) is 36.6 Å². The molecule has 186 valence electrons. The van der Waals surface area contributed by atoms with Crippen LogP contribution in [0.4, 0.5) is 0 Å². The average molecular weight is 480 g/mol. The zero-order valence-electron chi connectivity index (χ0n) is 18.7. The van der Waals surface area contributed by atoms with Gasteiger partial charge in [0.2, 0.25) is 0 Å². The molecule has 2 aliphatic carbocycles. The summed E-state index contributed by atoms with van der Waals surface area (Å²) in [6.07, 6.45) is -7.29. The minimum atomic E-state index is -1.61. The Morgan fingerprint density at radius 2 is 1.91 bits per heavy atom. The zero-order valence-corrected chi connectivity index (χ0v) is 18.7. The molecule has 2 aliphatic heterocycles. The summed E-state index contributed by atoms with van der Waals surface area (Å²) in [6, 6.07) is 0. The van der Waals surface area contributed by atoms with Crippen molar-refractivity contribution >= 4 is 17.7 Å². The number of aliphatic hydroxyl groups is 4. The van der Waals surface area contributed by atoms with Crippen LogP contribution in [0.5, 0.6) is 0 Å². The number of ether oxygens (including phenoxy) is 4. The molecule has 2 fully saturated rings. The first-order valence-corrected chi connectivity index (χ1v) is 11.0. The molecule has 4 N–H and O–H groups in total. The smallest absolute Gasteiger partial charge is 0.334 e. The second kappa shape index (κ2) is 9.33. The fraction of sp³-hybridized carbons (Fsp3) is 0.609. The highest BCUT2D eigenvalue weighted by atomic mass is 16.7. The molecule has 2 heterocycles. The van der Waals surface area contributed by atoms with E-state index in [0.717, 1.165) is 0 Å². The fourth-order valence-electron chi connectivity index (χ4n) is 5.23. The van der Waals surface area contributed by atoms with Crippen molar-refractivity contribution in [3.05, 3.63) is 34.9 Å². The van der Waals surface area contributed by atoms with Gasteiger partial charge in [-0.3, -0.25) is 9.59 Å². The van der Waals surface area contributed by atoms with Crippen molar-refractivity contribution in [1.29, 1.82) is 0 Å². The van der Waals surface area contributed by atoms with E-state index in [2.05, 4.69) is 6.58 Å². The fourth-order valence-corrected chi connectivity index (χ4v) is 5.23. The van der Waals surface area contributed by atoms with Crippen LogP contribution in [-0.4, -0.2) is 94.3 Å². The predicted molar refractivity (Wildman–Crippen MR) is 112 cm³/mol. The lowest BCUT2D eigenvalue weighted by molar-refractivity contribution is -0.299. The Balaban J connectivity index is 1.60. The van der Waals surface area contributed by atoms with Crippen molar-refractivity contribution in [2.45, 2.75) is 63.2 Å². The van der Waals surface area contributed by atoms with E-state index in [-0.39, 0.29) is 24.4 Å². The first-order valence-electron chi connectivity index (χ1n) is 11.0. The summed E-state index contributed by atoms with van der Waals surface area (Å²) in [7, 11) is 0. The third-order valence-corrected chi connectivity index (χ3v) is 6.83. The normalized spacial score (nSPS) is 39.9. The minimum Gasteiger partial charge on any atom is -0.461 e. The monoisotopic (exact) mass is 480 g/mol. The number of ketones is 1. The van der Waals surface area contributed by atoms with Crippen LogP contribution in [0, 0.1) is 11.8 Å². The molecule has 0 amide bonds. The molecule has 2 saturated heterocycles. The quantitative estimate of drug-likeness (QED) is 0.272. The molecule has 0 radical (unpaired) electrons. The van der Waals surface area contributed by atoms with Crippen LogP contribution in [0.1, 0.15) is 20.3 Å². The highest BCUT2D eigenvalue weighted by Crippen LogP contribution is 2.48. The van der Waals surface area contributed by atoms with Gasteiger partial charge in [0.15, 0.2) is 12.1 Å². The Bertz CT molecular complexity index is 964. The molecule has 4 rings (SSSR count). The molecular formula is C23H28O11. The van der Waals surface area contributed by atoms with Gasteiger partial charge in [-0.2, -0.15) is 0 Å². The van der Waals surface area contributed by atoms with Gasteiger partial charge in [0, 0.05) is 30.4 Å². The highest BCUT2D eigenvalue weighted by molar-refractivity contribution is 6.09. The summed E-state index contributed by atoms with van der Waals surface area (Å²) in [6.45, 7) is 5.98. The van der Waals surface area contributed by atoms with Crippen molar-refractivity contribution in [1.82, 2.24) is 0 Å². The number of rotatable bonds is 5. The zero-order chi connectivity index (χ0) is 24.9. The molecule has 0 aromatic heterocycles. The molecule has 9 atom stereocenters. The topological polar surface area (TPSA) is 169 Å². The van der Waals surface area contributed by atoms with E-state index in [1.165, 1.54) is 13.0 Å².